The van der Waals surface area contributed by atoms with Crippen molar-refractivity contribution in [3.63, 3.8) is 0 Å². The molecule has 1 aromatic heterocycles. The van der Waals surface area contributed by atoms with Crippen LogP contribution in [0, 0.1) is 0 Å². The number of nitrogen functional groups attached to an aromatic ring is 2. The van der Waals surface area contributed by atoms with Crippen LogP contribution in [0.25, 0.3) is 0 Å². The van der Waals surface area contributed by atoms with Crippen LogP contribution < -0.4 is 20.9 Å². The Kier molecular flexibility index (Phi) is 5.64. The Morgan fingerprint density at radius 1 is 1.00 bits per heavy atom. The molecule has 1 heterocycles. The van der Waals surface area contributed by atoms with E-state index in [0.717, 1.165) is 11.8 Å². The van der Waals surface area contributed by atoms with Crippen molar-refractivity contribution >= 4 is 29.6 Å². The van der Waals surface area contributed by atoms with Crippen LogP contribution in [0.3, 0.4) is 0 Å². The van der Waals surface area contributed by atoms with Crippen LogP contribution in [0.4, 0.5) is 11.9 Å². The molecular weight excluding hydrogens is 334 g/mol. The number of esters is 1. The number of ether oxygens (including phenoxy) is 3. The smallest absolute Gasteiger partial charge is 0.323 e. The van der Waals surface area contributed by atoms with Crippen molar-refractivity contribution in [2.45, 2.75) is 10.4 Å². The number of nitrogens with zero attached hydrogens (tertiary/aromatic N) is 3. The second kappa shape index (κ2) is 7.68. The molecular formula is C14H17N5O4S. The molecule has 10 heteroatoms. The van der Waals surface area contributed by atoms with Crippen LogP contribution in [0.15, 0.2) is 23.4 Å². The van der Waals surface area contributed by atoms with Crippen molar-refractivity contribution in [3.05, 3.63) is 23.8 Å². The molecule has 0 saturated carbocycles. The largest absolute Gasteiger partial charge is 0.497 e. The van der Waals surface area contributed by atoms with E-state index in [1.165, 1.54) is 21.3 Å². The number of thioether (sulfide) groups is 1. The molecule has 0 fully saturated rings. The molecule has 0 amide bonds. The van der Waals surface area contributed by atoms with Crippen LogP contribution in [-0.2, 0) is 9.53 Å². The Labute approximate surface area is 142 Å². The summed E-state index contributed by atoms with van der Waals surface area (Å²) in [6, 6.07) is 5.09. The number of methoxy groups -OCH3 is 3. The number of nitrogens with two attached hydrogens (primary N) is 2. The Morgan fingerprint density at radius 2 is 1.54 bits per heavy atom. The van der Waals surface area contributed by atoms with Crippen molar-refractivity contribution in [2.75, 3.05) is 32.8 Å². The van der Waals surface area contributed by atoms with Gasteiger partial charge in [0.25, 0.3) is 0 Å². The molecule has 0 bridgehead atoms. The first-order valence-electron chi connectivity index (χ1n) is 6.71. The summed E-state index contributed by atoms with van der Waals surface area (Å²) >= 11 is 1.03. The fourth-order valence-electron chi connectivity index (χ4n) is 1.89. The van der Waals surface area contributed by atoms with Gasteiger partial charge in [-0.15, -0.1) is 0 Å². The molecule has 0 aliphatic rings. The predicted molar refractivity (Wildman–Crippen MR) is 88.8 cm³/mol. The van der Waals surface area contributed by atoms with Crippen LogP contribution >= 0.6 is 11.8 Å². The van der Waals surface area contributed by atoms with Crippen molar-refractivity contribution in [2.24, 2.45) is 0 Å². The average molecular weight is 351 g/mol. The summed E-state index contributed by atoms with van der Waals surface area (Å²) in [6.45, 7) is 0. The second-order valence-electron chi connectivity index (χ2n) is 4.50. The van der Waals surface area contributed by atoms with Crippen molar-refractivity contribution in [1.82, 2.24) is 15.0 Å². The molecule has 1 atom stereocenters. The van der Waals surface area contributed by atoms with Crippen LogP contribution in [0.1, 0.15) is 10.8 Å². The monoisotopic (exact) mass is 351 g/mol. The van der Waals surface area contributed by atoms with Gasteiger partial charge in [-0.25, -0.2) is 0 Å². The van der Waals surface area contributed by atoms with Crippen molar-refractivity contribution in [1.29, 1.82) is 0 Å². The minimum absolute atomic E-state index is 0.0307. The molecule has 2 aromatic rings. The summed E-state index contributed by atoms with van der Waals surface area (Å²) in [5.74, 6) is 0.517. The van der Waals surface area contributed by atoms with Gasteiger partial charge < -0.3 is 25.7 Å². The number of hydrogen-bond donors (Lipinski definition) is 2. The standard InChI is InChI=1S/C14H17N5O4S/c1-21-8-4-7(5-9(6-8)22-2)10(11(20)23-3)24-14-18-12(15)17-13(16)19-14/h4-6,10H,1-3H3,(H4,15,16,17,18,19). The highest BCUT2D eigenvalue weighted by Gasteiger charge is 2.26. The second-order valence-corrected chi connectivity index (χ2v) is 5.57. The summed E-state index contributed by atoms with van der Waals surface area (Å²) in [5, 5.41) is -0.558. The lowest BCUT2D eigenvalue weighted by Gasteiger charge is -2.16. The quantitative estimate of drug-likeness (QED) is 0.574. The minimum atomic E-state index is -0.764. The van der Waals surface area contributed by atoms with E-state index in [1.807, 2.05) is 0 Å². The number of aromatic nitrogens is 3. The topological polar surface area (TPSA) is 135 Å². The number of benzene rings is 1. The maximum atomic E-state index is 12.2. The number of carbonyl (C=O) groups excluding carboxylic acids is 1. The Hall–Kier alpha value is -2.75. The fourth-order valence-corrected chi connectivity index (χ4v) is 2.85. The Balaban J connectivity index is 2.43. The molecule has 0 saturated heterocycles. The normalized spacial score (nSPS) is 11.6. The summed E-state index contributed by atoms with van der Waals surface area (Å²) < 4.78 is 15.3. The maximum absolute atomic E-state index is 12.2. The van der Waals surface area contributed by atoms with Crippen molar-refractivity contribution in [3.8, 4) is 11.5 Å². The highest BCUT2D eigenvalue weighted by atomic mass is 32.2. The molecule has 9 nitrogen and oxygen atoms in total. The van der Waals surface area contributed by atoms with E-state index in [9.17, 15) is 4.79 Å². The molecule has 24 heavy (non-hydrogen) atoms. The van der Waals surface area contributed by atoms with E-state index in [1.54, 1.807) is 18.2 Å². The van der Waals surface area contributed by atoms with Gasteiger partial charge in [-0.1, -0.05) is 11.8 Å². The van der Waals surface area contributed by atoms with Crippen LogP contribution in [0.5, 0.6) is 11.5 Å². The minimum Gasteiger partial charge on any atom is -0.497 e. The third-order valence-electron chi connectivity index (χ3n) is 2.96. The third kappa shape index (κ3) is 4.16. The van der Waals surface area contributed by atoms with E-state index in [2.05, 4.69) is 15.0 Å². The predicted octanol–water partition coefficient (Wildman–Crippen LogP) is 1.06. The first-order valence-corrected chi connectivity index (χ1v) is 7.59. The zero-order chi connectivity index (χ0) is 17.7. The molecule has 1 aromatic carbocycles. The van der Waals surface area contributed by atoms with Gasteiger partial charge >= 0.3 is 5.97 Å². The number of hydrogen-bond acceptors (Lipinski definition) is 10. The number of rotatable bonds is 6. The number of carbonyl (C=O) groups is 1. The maximum Gasteiger partial charge on any atom is 0.323 e. The van der Waals surface area contributed by atoms with E-state index in [-0.39, 0.29) is 17.1 Å². The van der Waals surface area contributed by atoms with Gasteiger partial charge in [-0.05, 0) is 17.7 Å². The summed E-state index contributed by atoms with van der Waals surface area (Å²) in [6.07, 6.45) is 0. The van der Waals surface area contributed by atoms with E-state index in [0.29, 0.717) is 17.1 Å². The van der Waals surface area contributed by atoms with Gasteiger partial charge in [0.2, 0.25) is 11.9 Å². The van der Waals surface area contributed by atoms with E-state index >= 15 is 0 Å². The Bertz CT molecular complexity index is 701. The lowest BCUT2D eigenvalue weighted by molar-refractivity contribution is -0.140. The Morgan fingerprint density at radius 3 is 2.00 bits per heavy atom. The average Bonchev–Trinajstić information content (AvgIpc) is 2.57. The molecule has 0 aliphatic carbocycles. The van der Waals surface area contributed by atoms with Gasteiger partial charge in [-0.3, -0.25) is 4.79 Å². The van der Waals surface area contributed by atoms with Gasteiger partial charge in [0.1, 0.15) is 16.7 Å². The van der Waals surface area contributed by atoms with Gasteiger partial charge in [0.05, 0.1) is 21.3 Å². The van der Waals surface area contributed by atoms with Crippen molar-refractivity contribution < 1.29 is 19.0 Å². The van der Waals surface area contributed by atoms with Crippen LogP contribution in [0.2, 0.25) is 0 Å². The fraction of sp³-hybridized carbons (Fsp3) is 0.286. The van der Waals surface area contributed by atoms with E-state index in [4.69, 9.17) is 25.7 Å². The van der Waals surface area contributed by atoms with E-state index < -0.39 is 11.2 Å². The first-order chi connectivity index (χ1) is 11.5. The van der Waals surface area contributed by atoms with Gasteiger partial charge in [0, 0.05) is 6.07 Å². The lowest BCUT2D eigenvalue weighted by atomic mass is 10.1. The molecule has 4 N–H and O–H groups in total. The molecule has 128 valence electrons. The first kappa shape index (κ1) is 17.6. The molecule has 2 rings (SSSR count). The summed E-state index contributed by atoms with van der Waals surface area (Å²) in [4.78, 5) is 23.9. The van der Waals surface area contributed by atoms with Crippen LogP contribution in [-0.4, -0.2) is 42.3 Å². The molecule has 1 unspecified atom stereocenters. The van der Waals surface area contributed by atoms with Gasteiger partial charge in [-0.2, -0.15) is 15.0 Å². The van der Waals surface area contributed by atoms with Gasteiger partial charge in [0.15, 0.2) is 5.16 Å². The number of anilines is 2. The molecule has 0 radical (unpaired) electrons. The molecule has 0 aliphatic heterocycles. The molecule has 0 spiro atoms. The highest BCUT2D eigenvalue weighted by Crippen LogP contribution is 2.38. The SMILES string of the molecule is COC(=O)C(Sc1nc(N)nc(N)n1)c1cc(OC)cc(OC)c1. The highest BCUT2D eigenvalue weighted by molar-refractivity contribution is 8.00. The zero-order valence-corrected chi connectivity index (χ0v) is 14.2. The third-order valence-corrected chi connectivity index (χ3v) is 4.06. The summed E-state index contributed by atoms with van der Waals surface area (Å²) in [7, 11) is 4.34. The lowest BCUT2D eigenvalue weighted by Crippen LogP contribution is -2.13. The summed E-state index contributed by atoms with van der Waals surface area (Å²) in [5.41, 5.74) is 11.7. The zero-order valence-electron chi connectivity index (χ0n) is 13.3.